The van der Waals surface area contributed by atoms with Gasteiger partial charge in [-0.3, -0.25) is 9.59 Å². The first-order valence-corrected chi connectivity index (χ1v) is 5.23. The summed E-state index contributed by atoms with van der Waals surface area (Å²) in [7, 11) is 0. The van der Waals surface area contributed by atoms with Gasteiger partial charge in [-0.25, -0.2) is 0 Å². The number of carbonyl (C=O) groups is 2. The molecule has 1 unspecified atom stereocenters. The van der Waals surface area contributed by atoms with Gasteiger partial charge >= 0.3 is 0 Å². The second-order valence-electron chi connectivity index (χ2n) is 3.78. The van der Waals surface area contributed by atoms with Crippen molar-refractivity contribution in [3.8, 4) is 0 Å². The van der Waals surface area contributed by atoms with Crippen molar-refractivity contribution in [3.05, 3.63) is 0 Å². The highest BCUT2D eigenvalue weighted by Crippen LogP contribution is 2.22. The molecule has 1 aliphatic rings. The van der Waals surface area contributed by atoms with Crippen LogP contribution in [0.15, 0.2) is 0 Å². The van der Waals surface area contributed by atoms with Crippen molar-refractivity contribution in [3.63, 3.8) is 0 Å². The van der Waals surface area contributed by atoms with Crippen LogP contribution in [-0.4, -0.2) is 29.3 Å². The Morgan fingerprint density at radius 3 is 2.93 bits per heavy atom. The van der Waals surface area contributed by atoms with Gasteiger partial charge in [0.2, 0.25) is 11.8 Å². The second kappa shape index (κ2) is 4.98. The maximum absolute atomic E-state index is 11.4. The van der Waals surface area contributed by atoms with Gasteiger partial charge in [-0.05, 0) is 19.3 Å². The summed E-state index contributed by atoms with van der Waals surface area (Å²) in [6.07, 6.45) is 3.59. The van der Waals surface area contributed by atoms with Gasteiger partial charge in [0.25, 0.3) is 0 Å². The molecular formula is C10H18N2O2. The number of likely N-dealkylation sites (tertiary alicyclic amines) is 1. The number of hydrogen-bond acceptors (Lipinski definition) is 2. The summed E-state index contributed by atoms with van der Waals surface area (Å²) in [5.41, 5.74) is 5.08. The molecule has 2 amide bonds. The SMILES string of the molecule is CCCN1C(=O)CCC1CCC(N)=O. The van der Waals surface area contributed by atoms with Crippen molar-refractivity contribution in [2.45, 2.75) is 45.1 Å². The van der Waals surface area contributed by atoms with E-state index < -0.39 is 0 Å². The molecule has 0 aromatic carbocycles. The lowest BCUT2D eigenvalue weighted by atomic mass is 10.1. The fourth-order valence-corrected chi connectivity index (χ4v) is 1.95. The first-order chi connectivity index (χ1) is 6.65. The van der Waals surface area contributed by atoms with Crippen molar-refractivity contribution in [1.29, 1.82) is 0 Å². The molecule has 0 saturated carbocycles. The number of rotatable bonds is 5. The summed E-state index contributed by atoms with van der Waals surface area (Å²) in [5.74, 6) is -0.0536. The minimum absolute atomic E-state index is 0.223. The van der Waals surface area contributed by atoms with E-state index in [1.165, 1.54) is 0 Å². The molecule has 4 heteroatoms. The third kappa shape index (κ3) is 2.72. The van der Waals surface area contributed by atoms with Crippen LogP contribution >= 0.6 is 0 Å². The van der Waals surface area contributed by atoms with Crippen LogP contribution in [0.5, 0.6) is 0 Å². The summed E-state index contributed by atoms with van der Waals surface area (Å²) >= 11 is 0. The van der Waals surface area contributed by atoms with Gasteiger partial charge in [-0.2, -0.15) is 0 Å². The summed E-state index contributed by atoms with van der Waals surface area (Å²) in [6, 6.07) is 0.245. The van der Waals surface area contributed by atoms with Crippen LogP contribution in [0, 0.1) is 0 Å². The zero-order valence-corrected chi connectivity index (χ0v) is 8.66. The van der Waals surface area contributed by atoms with E-state index in [0.717, 1.165) is 25.8 Å². The molecule has 1 rings (SSSR count). The first-order valence-electron chi connectivity index (χ1n) is 5.23. The molecule has 0 aliphatic carbocycles. The molecule has 1 heterocycles. The maximum Gasteiger partial charge on any atom is 0.222 e. The van der Waals surface area contributed by atoms with Crippen LogP contribution in [0.25, 0.3) is 0 Å². The number of carbonyl (C=O) groups excluding carboxylic acids is 2. The van der Waals surface area contributed by atoms with Gasteiger partial charge in [0.15, 0.2) is 0 Å². The van der Waals surface area contributed by atoms with E-state index in [1.807, 2.05) is 4.90 Å². The Morgan fingerprint density at radius 1 is 1.64 bits per heavy atom. The number of hydrogen-bond donors (Lipinski definition) is 1. The fourth-order valence-electron chi connectivity index (χ4n) is 1.95. The molecule has 0 aromatic heterocycles. The molecule has 80 valence electrons. The van der Waals surface area contributed by atoms with Gasteiger partial charge in [0, 0.05) is 25.4 Å². The van der Waals surface area contributed by atoms with Crippen molar-refractivity contribution >= 4 is 11.8 Å². The zero-order chi connectivity index (χ0) is 10.6. The molecule has 2 N–H and O–H groups in total. The van der Waals surface area contributed by atoms with Gasteiger partial charge < -0.3 is 10.6 Å². The van der Waals surface area contributed by atoms with Crippen LogP contribution in [0.1, 0.15) is 39.0 Å². The topological polar surface area (TPSA) is 63.4 Å². The predicted molar refractivity (Wildman–Crippen MR) is 53.5 cm³/mol. The Morgan fingerprint density at radius 2 is 2.36 bits per heavy atom. The highest BCUT2D eigenvalue weighted by molar-refractivity contribution is 5.79. The normalized spacial score (nSPS) is 21.6. The highest BCUT2D eigenvalue weighted by Gasteiger charge is 2.29. The Kier molecular flexibility index (Phi) is 3.92. The number of nitrogens with zero attached hydrogens (tertiary/aromatic N) is 1. The average molecular weight is 198 g/mol. The summed E-state index contributed by atoms with van der Waals surface area (Å²) in [4.78, 5) is 23.9. The Hall–Kier alpha value is -1.06. The molecule has 0 aromatic rings. The number of nitrogens with two attached hydrogens (primary N) is 1. The zero-order valence-electron chi connectivity index (χ0n) is 8.66. The Labute approximate surface area is 84.4 Å². The summed E-state index contributed by atoms with van der Waals surface area (Å²) < 4.78 is 0. The minimum atomic E-state index is -0.277. The van der Waals surface area contributed by atoms with E-state index in [0.29, 0.717) is 12.8 Å². The van der Waals surface area contributed by atoms with Crippen molar-refractivity contribution < 1.29 is 9.59 Å². The lowest BCUT2D eigenvalue weighted by Crippen LogP contribution is -2.34. The average Bonchev–Trinajstić information content (AvgIpc) is 2.46. The fraction of sp³-hybridized carbons (Fsp3) is 0.800. The highest BCUT2D eigenvalue weighted by atomic mass is 16.2. The van der Waals surface area contributed by atoms with Crippen molar-refractivity contribution in [1.82, 2.24) is 4.90 Å². The second-order valence-corrected chi connectivity index (χ2v) is 3.78. The standard InChI is InChI=1S/C10H18N2O2/c1-2-7-12-8(3-5-9(11)13)4-6-10(12)14/h8H,2-7H2,1H3,(H2,11,13). The third-order valence-electron chi connectivity index (χ3n) is 2.64. The summed E-state index contributed by atoms with van der Waals surface area (Å²) in [6.45, 7) is 2.86. The van der Waals surface area contributed by atoms with Crippen LogP contribution in [0.3, 0.4) is 0 Å². The Balaban J connectivity index is 2.42. The van der Waals surface area contributed by atoms with Gasteiger partial charge in [0.05, 0.1) is 0 Å². The minimum Gasteiger partial charge on any atom is -0.370 e. The van der Waals surface area contributed by atoms with Crippen LogP contribution in [-0.2, 0) is 9.59 Å². The lowest BCUT2D eigenvalue weighted by Gasteiger charge is -2.23. The molecule has 1 fully saturated rings. The van der Waals surface area contributed by atoms with Gasteiger partial charge in [-0.15, -0.1) is 0 Å². The van der Waals surface area contributed by atoms with Crippen molar-refractivity contribution in [2.24, 2.45) is 5.73 Å². The molecule has 4 nitrogen and oxygen atoms in total. The van der Waals surface area contributed by atoms with Crippen molar-refractivity contribution in [2.75, 3.05) is 6.54 Å². The quantitative estimate of drug-likeness (QED) is 0.705. The third-order valence-corrected chi connectivity index (χ3v) is 2.64. The molecule has 0 spiro atoms. The van der Waals surface area contributed by atoms with E-state index in [9.17, 15) is 9.59 Å². The largest absolute Gasteiger partial charge is 0.370 e. The van der Waals surface area contributed by atoms with E-state index in [1.54, 1.807) is 0 Å². The van der Waals surface area contributed by atoms with E-state index in [-0.39, 0.29) is 17.9 Å². The molecular weight excluding hydrogens is 180 g/mol. The van der Waals surface area contributed by atoms with E-state index >= 15 is 0 Å². The summed E-state index contributed by atoms with van der Waals surface area (Å²) in [5, 5.41) is 0. The molecule has 0 bridgehead atoms. The van der Waals surface area contributed by atoms with Gasteiger partial charge in [0.1, 0.15) is 0 Å². The van der Waals surface area contributed by atoms with Crippen LogP contribution in [0.4, 0.5) is 0 Å². The molecule has 1 saturated heterocycles. The lowest BCUT2D eigenvalue weighted by molar-refractivity contribution is -0.129. The predicted octanol–water partition coefficient (Wildman–Crippen LogP) is 0.653. The number of amides is 2. The molecule has 0 radical (unpaired) electrons. The molecule has 1 atom stereocenters. The van der Waals surface area contributed by atoms with E-state index in [2.05, 4.69) is 6.92 Å². The smallest absolute Gasteiger partial charge is 0.222 e. The van der Waals surface area contributed by atoms with Crippen LogP contribution in [0.2, 0.25) is 0 Å². The monoisotopic (exact) mass is 198 g/mol. The maximum atomic E-state index is 11.4. The number of primary amides is 1. The van der Waals surface area contributed by atoms with E-state index in [4.69, 9.17) is 5.73 Å². The van der Waals surface area contributed by atoms with Crippen LogP contribution < -0.4 is 5.73 Å². The Bertz CT molecular complexity index is 228. The van der Waals surface area contributed by atoms with Gasteiger partial charge in [-0.1, -0.05) is 6.92 Å². The first kappa shape index (κ1) is 11.0. The molecule has 14 heavy (non-hydrogen) atoms. The molecule has 1 aliphatic heterocycles.